The van der Waals surface area contributed by atoms with Crippen LogP contribution in [-0.4, -0.2) is 83.8 Å². The van der Waals surface area contributed by atoms with Crippen molar-refractivity contribution in [2.75, 3.05) is 10.6 Å². The van der Waals surface area contributed by atoms with Crippen molar-refractivity contribution in [2.45, 2.75) is 117 Å². The van der Waals surface area contributed by atoms with E-state index in [4.69, 9.17) is 18.9 Å². The Morgan fingerprint density at radius 3 is 0.963 bits per heavy atom. The number of esters is 4. The van der Waals surface area contributed by atoms with Gasteiger partial charge in [0.25, 0.3) is 0 Å². The van der Waals surface area contributed by atoms with E-state index in [0.29, 0.717) is 0 Å². The van der Waals surface area contributed by atoms with Crippen molar-refractivity contribution in [1.82, 2.24) is 0 Å². The molecule has 2 aromatic rings. The zero-order chi connectivity index (χ0) is 42.0. The zero-order valence-corrected chi connectivity index (χ0v) is 31.9. The summed E-state index contributed by atoms with van der Waals surface area (Å²) in [5.41, 5.74) is -2.42. The molecule has 0 aliphatic heterocycles. The second-order valence-corrected chi connectivity index (χ2v) is 14.6. The number of rotatable bonds is 15. The summed E-state index contributed by atoms with van der Waals surface area (Å²) in [7, 11) is 0. The first kappa shape index (κ1) is 45.8. The van der Waals surface area contributed by atoms with Gasteiger partial charge in [-0.3, -0.25) is 9.59 Å². The third kappa shape index (κ3) is 9.12. The SMILES string of the molecule is Cc1c(C(=O)OC(C)C)sc(NC(=O)C(F)(F)C(F)(F)C(F)(F)C(F)(F)C(=O)Nc2sc(C(=O)OC(C)C)c(C)c2C(=O)OC(C)C)c1C(=O)OC(C)C. The minimum absolute atomic E-state index is 0.0263. The summed E-state index contributed by atoms with van der Waals surface area (Å²) >= 11 is 0.0526. The molecule has 22 heteroatoms. The van der Waals surface area contributed by atoms with E-state index in [1.54, 1.807) is 0 Å². The van der Waals surface area contributed by atoms with Crippen LogP contribution in [0.15, 0.2) is 0 Å². The van der Waals surface area contributed by atoms with Crippen LogP contribution in [-0.2, 0) is 28.5 Å². The van der Waals surface area contributed by atoms with E-state index in [9.17, 15) is 28.8 Å². The lowest BCUT2D eigenvalue weighted by atomic mass is 9.97. The summed E-state index contributed by atoms with van der Waals surface area (Å²) < 4.78 is 140. The van der Waals surface area contributed by atoms with Crippen molar-refractivity contribution in [3.63, 3.8) is 0 Å². The highest BCUT2D eigenvalue weighted by atomic mass is 32.1. The van der Waals surface area contributed by atoms with Gasteiger partial charge < -0.3 is 29.6 Å². The molecule has 2 aromatic heterocycles. The molecule has 0 atom stereocenters. The Bertz CT molecular complexity index is 1670. The number of hydrogen-bond acceptors (Lipinski definition) is 12. The van der Waals surface area contributed by atoms with Crippen molar-refractivity contribution >= 4 is 68.4 Å². The van der Waals surface area contributed by atoms with Gasteiger partial charge in [0.15, 0.2) is 0 Å². The Balaban J connectivity index is 2.59. The highest BCUT2D eigenvalue weighted by Crippen LogP contribution is 2.53. The summed E-state index contributed by atoms with van der Waals surface area (Å²) in [4.78, 5) is 74.7. The van der Waals surface area contributed by atoms with Gasteiger partial charge >= 0.3 is 59.4 Å². The summed E-state index contributed by atoms with van der Waals surface area (Å²) in [6.07, 6.45) is -3.36. The second-order valence-electron chi connectivity index (χ2n) is 12.5. The molecule has 0 radical (unpaired) electrons. The van der Waals surface area contributed by atoms with Crippen LogP contribution in [0.2, 0.25) is 0 Å². The molecule has 0 saturated heterocycles. The lowest BCUT2D eigenvalue weighted by Crippen LogP contribution is -2.67. The van der Waals surface area contributed by atoms with Crippen LogP contribution >= 0.6 is 22.7 Å². The molecule has 2 amide bonds. The van der Waals surface area contributed by atoms with Crippen LogP contribution in [0, 0.1) is 13.8 Å². The first-order chi connectivity index (χ1) is 24.4. The number of anilines is 2. The molecule has 0 fully saturated rings. The van der Waals surface area contributed by atoms with Crippen molar-refractivity contribution in [3.8, 4) is 0 Å². The number of hydrogen-bond donors (Lipinski definition) is 2. The molecule has 54 heavy (non-hydrogen) atoms. The van der Waals surface area contributed by atoms with E-state index < -0.39 is 115 Å². The van der Waals surface area contributed by atoms with E-state index in [2.05, 4.69) is 0 Å². The van der Waals surface area contributed by atoms with E-state index >= 15 is 35.1 Å². The van der Waals surface area contributed by atoms with Gasteiger partial charge in [-0.05, 0) is 80.4 Å². The van der Waals surface area contributed by atoms with Gasteiger partial charge in [0.2, 0.25) is 0 Å². The highest BCUT2D eigenvalue weighted by molar-refractivity contribution is 7.19. The van der Waals surface area contributed by atoms with Crippen molar-refractivity contribution in [2.24, 2.45) is 0 Å². The maximum absolute atomic E-state index is 15.1. The lowest BCUT2D eigenvalue weighted by molar-refractivity contribution is -0.345. The first-order valence-corrected chi connectivity index (χ1v) is 17.3. The number of thiophene rings is 2. The van der Waals surface area contributed by atoms with Crippen molar-refractivity contribution < 1.29 is 82.8 Å². The lowest BCUT2D eigenvalue weighted by Gasteiger charge is -2.35. The topological polar surface area (TPSA) is 163 Å². The van der Waals surface area contributed by atoms with Crippen LogP contribution in [0.5, 0.6) is 0 Å². The molecular weight excluding hydrogens is 788 g/mol. The van der Waals surface area contributed by atoms with Gasteiger partial charge in [0.05, 0.1) is 35.5 Å². The van der Waals surface area contributed by atoms with Crippen LogP contribution in [0.4, 0.5) is 45.1 Å². The number of nitrogens with one attached hydrogen (secondary N) is 2. The molecule has 0 saturated carbocycles. The minimum atomic E-state index is -7.37. The van der Waals surface area contributed by atoms with Gasteiger partial charge in [-0.2, -0.15) is 35.1 Å². The summed E-state index contributed by atoms with van der Waals surface area (Å²) in [6, 6.07) is 0. The van der Waals surface area contributed by atoms with Crippen molar-refractivity contribution in [1.29, 1.82) is 0 Å². The Labute approximate surface area is 310 Å². The molecule has 12 nitrogen and oxygen atoms in total. The number of ether oxygens (including phenoxy) is 4. The second kappa shape index (κ2) is 16.6. The number of halogens is 8. The molecule has 0 unspecified atom stereocenters. The fourth-order valence-electron chi connectivity index (χ4n) is 4.21. The monoisotopic (exact) mass is 824 g/mol. The average Bonchev–Trinajstić information content (AvgIpc) is 3.50. The van der Waals surface area contributed by atoms with Gasteiger partial charge in [-0.15, -0.1) is 22.7 Å². The van der Waals surface area contributed by atoms with E-state index in [1.165, 1.54) is 55.4 Å². The molecular formula is C32H36F8N2O10S2. The molecule has 0 spiro atoms. The van der Waals surface area contributed by atoms with Crippen molar-refractivity contribution in [3.05, 3.63) is 32.0 Å². The quantitative estimate of drug-likeness (QED) is 0.103. The molecule has 302 valence electrons. The number of amides is 2. The maximum Gasteiger partial charge on any atom is 0.393 e. The van der Waals surface area contributed by atoms with Crippen LogP contribution < -0.4 is 10.6 Å². The van der Waals surface area contributed by atoms with Gasteiger partial charge in [-0.1, -0.05) is 0 Å². The average molecular weight is 825 g/mol. The predicted octanol–water partition coefficient (Wildman–Crippen LogP) is 7.81. The maximum atomic E-state index is 15.1. The third-order valence-electron chi connectivity index (χ3n) is 6.65. The fraction of sp³-hybridized carbons (Fsp3) is 0.562. The Hall–Kier alpha value is -4.34. The van der Waals surface area contributed by atoms with Gasteiger partial charge in [0, 0.05) is 0 Å². The van der Waals surface area contributed by atoms with E-state index in [1.807, 2.05) is 0 Å². The Kier molecular flexibility index (Phi) is 14.1. The Morgan fingerprint density at radius 2 is 0.722 bits per heavy atom. The number of carbonyl (C=O) groups excluding carboxylic acids is 6. The molecule has 2 heterocycles. The standard InChI is InChI=1S/C32H36F8N2O10S2/c1-11(2)49-23(43)17-15(9)19(25(45)51-13(5)6)53-21(17)41-27(47)29(33,34)31(37,38)32(39,40)30(35,36)28(48)42-22-18(24(44)50-12(3)4)16(10)20(54-22)26(46)52-14(7)8/h11-14H,1-10H3,(H,41,47)(H,42,48). The first-order valence-electron chi connectivity index (χ1n) is 15.7. The number of alkyl halides is 8. The van der Waals surface area contributed by atoms with Crippen LogP contribution in [0.3, 0.4) is 0 Å². The van der Waals surface area contributed by atoms with Crippen LogP contribution in [0.25, 0.3) is 0 Å². The van der Waals surface area contributed by atoms with E-state index in [0.717, 1.165) is 24.5 Å². The van der Waals surface area contributed by atoms with Crippen LogP contribution in [0.1, 0.15) is 107 Å². The molecule has 0 aliphatic rings. The third-order valence-corrected chi connectivity index (χ3v) is 9.03. The van der Waals surface area contributed by atoms with Gasteiger partial charge in [-0.25, -0.2) is 19.2 Å². The largest absolute Gasteiger partial charge is 0.459 e. The fourth-order valence-corrected chi connectivity index (χ4v) is 6.35. The summed E-state index contributed by atoms with van der Waals surface area (Å²) in [5, 5.41) is 0.0311. The molecule has 0 aliphatic carbocycles. The highest BCUT2D eigenvalue weighted by Gasteiger charge is 2.84. The minimum Gasteiger partial charge on any atom is -0.459 e. The zero-order valence-electron chi connectivity index (χ0n) is 30.2. The predicted molar refractivity (Wildman–Crippen MR) is 177 cm³/mol. The molecule has 2 rings (SSSR count). The summed E-state index contributed by atoms with van der Waals surface area (Å²) in [6.45, 7) is 13.0. The van der Waals surface area contributed by atoms with E-state index in [-0.39, 0.29) is 33.8 Å². The Morgan fingerprint density at radius 1 is 0.481 bits per heavy atom. The van der Waals surface area contributed by atoms with Gasteiger partial charge in [0.1, 0.15) is 19.8 Å². The molecule has 0 bridgehead atoms. The smallest absolute Gasteiger partial charge is 0.393 e. The normalized spacial score (nSPS) is 12.6. The molecule has 0 aromatic carbocycles. The molecule has 2 N–H and O–H groups in total. The number of carbonyl (C=O) groups is 6. The summed E-state index contributed by atoms with van der Waals surface area (Å²) in [5.74, 6) is -40.1.